The highest BCUT2D eigenvalue weighted by Crippen LogP contribution is 2.18. The van der Waals surface area contributed by atoms with Crippen LogP contribution < -0.4 is 0 Å². The zero-order valence-electron chi connectivity index (χ0n) is 12.3. The number of rotatable bonds is 7. The van der Waals surface area contributed by atoms with Crippen molar-refractivity contribution in [2.24, 2.45) is 0 Å². The molecular formula is C16H18BrNO3S. The van der Waals surface area contributed by atoms with Crippen molar-refractivity contribution in [2.75, 3.05) is 11.9 Å². The fourth-order valence-corrected chi connectivity index (χ4v) is 3.67. The average molecular weight is 384 g/mol. The Kier molecular flexibility index (Phi) is 6.14. The third kappa shape index (κ3) is 4.39. The topological polar surface area (TPSA) is 46.6 Å². The van der Waals surface area contributed by atoms with E-state index in [0.717, 1.165) is 15.6 Å². The van der Waals surface area contributed by atoms with Crippen LogP contribution in [0.5, 0.6) is 0 Å². The van der Waals surface area contributed by atoms with E-state index in [1.54, 1.807) is 24.3 Å². The Balaban J connectivity index is 2.17. The van der Waals surface area contributed by atoms with E-state index in [1.165, 1.54) is 0 Å². The van der Waals surface area contributed by atoms with E-state index >= 15 is 0 Å². The standard InChI is InChI=1S/C16H18BrNO3S/c1-14-7-9-16(10-8-14)22(19,20)18(12-11-17)21-13-15-5-3-2-4-6-15/h2-10H,11-13H2,1H3. The lowest BCUT2D eigenvalue weighted by atomic mass is 10.2. The molecule has 0 N–H and O–H groups in total. The van der Waals surface area contributed by atoms with Crippen molar-refractivity contribution in [3.63, 3.8) is 0 Å². The Hall–Kier alpha value is -1.21. The zero-order valence-corrected chi connectivity index (χ0v) is 14.7. The molecule has 0 aromatic heterocycles. The molecule has 0 aliphatic heterocycles. The molecule has 0 radical (unpaired) electrons. The average Bonchev–Trinajstić information content (AvgIpc) is 2.52. The number of alkyl halides is 1. The van der Waals surface area contributed by atoms with Crippen molar-refractivity contribution in [1.29, 1.82) is 0 Å². The van der Waals surface area contributed by atoms with Crippen molar-refractivity contribution in [1.82, 2.24) is 4.47 Å². The summed E-state index contributed by atoms with van der Waals surface area (Å²) < 4.78 is 26.3. The summed E-state index contributed by atoms with van der Waals surface area (Å²) in [7, 11) is -3.67. The Morgan fingerprint density at radius 1 is 1.05 bits per heavy atom. The molecule has 2 rings (SSSR count). The second-order valence-corrected chi connectivity index (χ2v) is 7.41. The minimum Gasteiger partial charge on any atom is -0.279 e. The van der Waals surface area contributed by atoms with Crippen molar-refractivity contribution in [3.8, 4) is 0 Å². The lowest BCUT2D eigenvalue weighted by molar-refractivity contribution is -0.0917. The number of sulfonamides is 1. The largest absolute Gasteiger partial charge is 0.279 e. The number of hydrogen-bond donors (Lipinski definition) is 0. The molecule has 0 atom stereocenters. The molecule has 0 saturated heterocycles. The van der Waals surface area contributed by atoms with E-state index in [0.29, 0.717) is 5.33 Å². The minimum atomic E-state index is -3.67. The minimum absolute atomic E-state index is 0.207. The molecule has 0 unspecified atom stereocenters. The van der Waals surface area contributed by atoms with E-state index in [-0.39, 0.29) is 18.0 Å². The van der Waals surface area contributed by atoms with Gasteiger partial charge < -0.3 is 0 Å². The summed E-state index contributed by atoms with van der Waals surface area (Å²) >= 11 is 3.27. The maximum Gasteiger partial charge on any atom is 0.265 e. The fraction of sp³-hybridized carbons (Fsp3) is 0.250. The van der Waals surface area contributed by atoms with Gasteiger partial charge in [0.1, 0.15) is 0 Å². The number of benzene rings is 2. The summed E-state index contributed by atoms with van der Waals surface area (Å²) in [6, 6.07) is 16.2. The van der Waals surface area contributed by atoms with Gasteiger partial charge in [-0.3, -0.25) is 4.84 Å². The summed E-state index contributed by atoms with van der Waals surface area (Å²) in [5.41, 5.74) is 1.93. The first kappa shape index (κ1) is 17.1. The quantitative estimate of drug-likeness (QED) is 0.542. The smallest absolute Gasteiger partial charge is 0.265 e. The van der Waals surface area contributed by atoms with Crippen molar-refractivity contribution in [2.45, 2.75) is 18.4 Å². The third-order valence-electron chi connectivity index (χ3n) is 3.07. The lowest BCUT2D eigenvalue weighted by Gasteiger charge is -2.21. The maximum atomic E-state index is 12.6. The number of aryl methyl sites for hydroxylation is 1. The molecular weight excluding hydrogens is 366 g/mol. The highest BCUT2D eigenvalue weighted by molar-refractivity contribution is 9.09. The monoisotopic (exact) mass is 383 g/mol. The van der Waals surface area contributed by atoms with Crippen LogP contribution in [0.2, 0.25) is 0 Å². The van der Waals surface area contributed by atoms with Crippen LogP contribution in [0.3, 0.4) is 0 Å². The molecule has 118 valence electrons. The SMILES string of the molecule is Cc1ccc(S(=O)(=O)N(CCBr)OCc2ccccc2)cc1. The summed E-state index contributed by atoms with van der Waals surface area (Å²) in [4.78, 5) is 5.76. The van der Waals surface area contributed by atoms with Crippen LogP contribution in [0.4, 0.5) is 0 Å². The van der Waals surface area contributed by atoms with Gasteiger partial charge in [0.25, 0.3) is 10.0 Å². The maximum absolute atomic E-state index is 12.6. The predicted molar refractivity (Wildman–Crippen MR) is 90.1 cm³/mol. The number of nitrogens with zero attached hydrogens (tertiary/aromatic N) is 1. The van der Waals surface area contributed by atoms with Crippen LogP contribution in [-0.2, 0) is 21.5 Å². The summed E-state index contributed by atoms with van der Waals surface area (Å²) in [5, 5.41) is 0.493. The normalized spacial score (nSPS) is 11.8. The molecule has 0 spiro atoms. The van der Waals surface area contributed by atoms with E-state index in [9.17, 15) is 8.42 Å². The van der Waals surface area contributed by atoms with Gasteiger partial charge in [-0.25, -0.2) is 8.42 Å². The second-order valence-electron chi connectivity index (χ2n) is 4.79. The first-order chi connectivity index (χ1) is 10.5. The Bertz CT molecular complexity index is 687. The predicted octanol–water partition coefficient (Wildman–Crippen LogP) is 3.51. The van der Waals surface area contributed by atoms with Crippen LogP contribution in [0, 0.1) is 6.92 Å². The van der Waals surface area contributed by atoms with Gasteiger partial charge >= 0.3 is 0 Å². The third-order valence-corrected chi connectivity index (χ3v) is 5.12. The lowest BCUT2D eigenvalue weighted by Crippen LogP contribution is -2.32. The van der Waals surface area contributed by atoms with Crippen LogP contribution in [-0.4, -0.2) is 24.8 Å². The molecule has 4 nitrogen and oxygen atoms in total. The fourth-order valence-electron chi connectivity index (χ4n) is 1.87. The van der Waals surface area contributed by atoms with Gasteiger partial charge in [-0.2, -0.15) is 0 Å². The van der Waals surface area contributed by atoms with Crippen molar-refractivity contribution >= 4 is 26.0 Å². The van der Waals surface area contributed by atoms with Gasteiger partial charge in [0.15, 0.2) is 0 Å². The highest BCUT2D eigenvalue weighted by Gasteiger charge is 2.25. The number of hydroxylamine groups is 1. The molecule has 0 aliphatic carbocycles. The van der Waals surface area contributed by atoms with Gasteiger partial charge in [0.2, 0.25) is 0 Å². The molecule has 0 saturated carbocycles. The first-order valence-electron chi connectivity index (χ1n) is 6.86. The molecule has 0 fully saturated rings. The van der Waals surface area contributed by atoms with Crippen LogP contribution in [0.15, 0.2) is 59.5 Å². The molecule has 0 bridgehead atoms. The Morgan fingerprint density at radius 3 is 2.27 bits per heavy atom. The van der Waals surface area contributed by atoms with E-state index in [2.05, 4.69) is 15.9 Å². The summed E-state index contributed by atoms with van der Waals surface area (Å²) in [6.45, 7) is 2.36. The summed E-state index contributed by atoms with van der Waals surface area (Å²) in [6.07, 6.45) is 0. The van der Waals surface area contributed by atoms with Gasteiger partial charge in [-0.1, -0.05) is 68.4 Å². The first-order valence-corrected chi connectivity index (χ1v) is 9.42. The van der Waals surface area contributed by atoms with Crippen LogP contribution in [0.1, 0.15) is 11.1 Å². The molecule has 6 heteroatoms. The van der Waals surface area contributed by atoms with E-state index in [1.807, 2.05) is 37.3 Å². The zero-order chi connectivity index (χ0) is 16.0. The van der Waals surface area contributed by atoms with Crippen molar-refractivity contribution in [3.05, 3.63) is 65.7 Å². The Labute approximate surface area is 139 Å². The van der Waals surface area contributed by atoms with Gasteiger partial charge in [-0.05, 0) is 24.6 Å². The Morgan fingerprint density at radius 2 is 1.68 bits per heavy atom. The number of hydrogen-bond acceptors (Lipinski definition) is 3. The second kappa shape index (κ2) is 7.87. The van der Waals surface area contributed by atoms with E-state index in [4.69, 9.17) is 4.84 Å². The van der Waals surface area contributed by atoms with E-state index < -0.39 is 10.0 Å². The van der Waals surface area contributed by atoms with Gasteiger partial charge in [0.05, 0.1) is 18.0 Å². The molecule has 2 aromatic carbocycles. The van der Waals surface area contributed by atoms with Gasteiger partial charge in [0, 0.05) is 5.33 Å². The molecule has 22 heavy (non-hydrogen) atoms. The van der Waals surface area contributed by atoms with Crippen LogP contribution in [0.25, 0.3) is 0 Å². The molecule has 2 aromatic rings. The number of halogens is 1. The highest BCUT2D eigenvalue weighted by atomic mass is 79.9. The van der Waals surface area contributed by atoms with Gasteiger partial charge in [-0.15, -0.1) is 0 Å². The van der Waals surface area contributed by atoms with Crippen molar-refractivity contribution < 1.29 is 13.3 Å². The summed E-state index contributed by atoms with van der Waals surface area (Å²) in [5.74, 6) is 0. The molecule has 0 aliphatic rings. The molecule has 0 amide bonds. The molecule has 0 heterocycles. The van der Waals surface area contributed by atoms with Crippen LogP contribution >= 0.6 is 15.9 Å².